The summed E-state index contributed by atoms with van der Waals surface area (Å²) in [6, 6.07) is 7.61. The summed E-state index contributed by atoms with van der Waals surface area (Å²) in [5, 5.41) is 3.41. The standard InChI is InChI=1S/C20H32N2O2/c1-3-5-6-15-24-19-9-7-18(8-10-19)20(23)22-13-11-17(12-14-22)16-21-4-2/h7-10,17,21H,3-6,11-16H2,1-2H3. The van der Waals surface area contributed by atoms with Crippen molar-refractivity contribution in [3.8, 4) is 5.75 Å². The van der Waals surface area contributed by atoms with Crippen LogP contribution in [0.5, 0.6) is 5.75 Å². The van der Waals surface area contributed by atoms with Crippen LogP contribution >= 0.6 is 0 Å². The van der Waals surface area contributed by atoms with Gasteiger partial charge in [0.1, 0.15) is 5.75 Å². The van der Waals surface area contributed by atoms with E-state index in [0.717, 1.165) is 63.4 Å². The van der Waals surface area contributed by atoms with E-state index in [9.17, 15) is 4.79 Å². The third-order valence-electron chi connectivity index (χ3n) is 4.70. The van der Waals surface area contributed by atoms with Crippen LogP contribution in [0.15, 0.2) is 24.3 Å². The summed E-state index contributed by atoms with van der Waals surface area (Å²) in [6.45, 7) is 8.89. The zero-order valence-electron chi connectivity index (χ0n) is 15.2. The molecule has 1 heterocycles. The van der Waals surface area contributed by atoms with Crippen LogP contribution in [0.25, 0.3) is 0 Å². The highest BCUT2D eigenvalue weighted by molar-refractivity contribution is 5.94. The summed E-state index contributed by atoms with van der Waals surface area (Å²) in [5.41, 5.74) is 0.765. The molecule has 1 aromatic rings. The zero-order valence-corrected chi connectivity index (χ0v) is 15.2. The number of nitrogens with one attached hydrogen (secondary N) is 1. The Hall–Kier alpha value is -1.55. The second kappa shape index (κ2) is 10.3. The summed E-state index contributed by atoms with van der Waals surface area (Å²) in [6.07, 6.45) is 5.66. The molecule has 4 heteroatoms. The second-order valence-corrected chi connectivity index (χ2v) is 6.62. The van der Waals surface area contributed by atoms with Gasteiger partial charge < -0.3 is 15.0 Å². The van der Waals surface area contributed by atoms with Gasteiger partial charge in [0, 0.05) is 18.7 Å². The third-order valence-corrected chi connectivity index (χ3v) is 4.70. The molecule has 1 fully saturated rings. The molecule has 0 saturated carbocycles. The molecule has 0 aliphatic carbocycles. The number of nitrogens with zero attached hydrogens (tertiary/aromatic N) is 1. The summed E-state index contributed by atoms with van der Waals surface area (Å²) >= 11 is 0. The van der Waals surface area contributed by atoms with E-state index in [1.165, 1.54) is 12.8 Å². The van der Waals surface area contributed by atoms with Gasteiger partial charge in [-0.1, -0.05) is 26.7 Å². The molecule has 1 amide bonds. The maximum atomic E-state index is 12.6. The Morgan fingerprint density at radius 1 is 1.17 bits per heavy atom. The highest BCUT2D eigenvalue weighted by Crippen LogP contribution is 2.20. The first-order valence-corrected chi connectivity index (χ1v) is 9.47. The van der Waals surface area contributed by atoms with Crippen molar-refractivity contribution < 1.29 is 9.53 Å². The molecule has 2 rings (SSSR count). The number of piperidine rings is 1. The minimum Gasteiger partial charge on any atom is -0.494 e. The summed E-state index contributed by atoms with van der Waals surface area (Å²) in [7, 11) is 0. The molecule has 1 N–H and O–H groups in total. The largest absolute Gasteiger partial charge is 0.494 e. The monoisotopic (exact) mass is 332 g/mol. The number of hydrogen-bond donors (Lipinski definition) is 1. The van der Waals surface area contributed by atoms with Crippen LogP contribution in [-0.4, -0.2) is 43.6 Å². The molecule has 0 bridgehead atoms. The van der Waals surface area contributed by atoms with E-state index < -0.39 is 0 Å². The molecule has 0 atom stereocenters. The normalized spacial score (nSPS) is 15.5. The van der Waals surface area contributed by atoms with Crippen molar-refractivity contribution in [3.63, 3.8) is 0 Å². The van der Waals surface area contributed by atoms with Gasteiger partial charge in [0.05, 0.1) is 6.61 Å². The molecule has 1 aromatic carbocycles. The fourth-order valence-electron chi connectivity index (χ4n) is 3.11. The number of amides is 1. The maximum absolute atomic E-state index is 12.6. The summed E-state index contributed by atoms with van der Waals surface area (Å²) in [4.78, 5) is 14.6. The quantitative estimate of drug-likeness (QED) is 0.701. The van der Waals surface area contributed by atoms with E-state index in [-0.39, 0.29) is 5.91 Å². The Balaban J connectivity index is 1.78. The first-order valence-electron chi connectivity index (χ1n) is 9.47. The van der Waals surface area contributed by atoms with Crippen LogP contribution in [0.3, 0.4) is 0 Å². The van der Waals surface area contributed by atoms with Gasteiger partial charge in [-0.15, -0.1) is 0 Å². The average Bonchev–Trinajstić information content (AvgIpc) is 2.64. The van der Waals surface area contributed by atoms with Crippen molar-refractivity contribution in [3.05, 3.63) is 29.8 Å². The van der Waals surface area contributed by atoms with Gasteiger partial charge in [0.25, 0.3) is 5.91 Å². The van der Waals surface area contributed by atoms with Gasteiger partial charge in [0.2, 0.25) is 0 Å². The summed E-state index contributed by atoms with van der Waals surface area (Å²) < 4.78 is 5.71. The lowest BCUT2D eigenvalue weighted by Crippen LogP contribution is -2.40. The molecular formula is C20H32N2O2. The topological polar surface area (TPSA) is 41.6 Å². The predicted octanol–water partition coefficient (Wildman–Crippen LogP) is 3.72. The molecule has 0 spiro atoms. The van der Waals surface area contributed by atoms with Crippen LogP contribution in [0.2, 0.25) is 0 Å². The fourth-order valence-corrected chi connectivity index (χ4v) is 3.11. The van der Waals surface area contributed by atoms with Gasteiger partial charge >= 0.3 is 0 Å². The van der Waals surface area contributed by atoms with Crippen LogP contribution in [0.1, 0.15) is 56.3 Å². The Morgan fingerprint density at radius 2 is 1.88 bits per heavy atom. The predicted molar refractivity (Wildman–Crippen MR) is 98.6 cm³/mol. The van der Waals surface area contributed by atoms with Crippen molar-refractivity contribution in [2.45, 2.75) is 46.0 Å². The SMILES string of the molecule is CCCCCOc1ccc(C(=O)N2CCC(CNCC)CC2)cc1. The Bertz CT molecular complexity index is 479. The van der Waals surface area contributed by atoms with Crippen molar-refractivity contribution in [1.82, 2.24) is 10.2 Å². The van der Waals surface area contributed by atoms with Crippen molar-refractivity contribution in [2.24, 2.45) is 5.92 Å². The lowest BCUT2D eigenvalue weighted by Gasteiger charge is -2.32. The molecule has 134 valence electrons. The maximum Gasteiger partial charge on any atom is 0.253 e. The number of benzene rings is 1. The van der Waals surface area contributed by atoms with E-state index in [1.54, 1.807) is 0 Å². The molecule has 0 radical (unpaired) electrons. The molecule has 1 saturated heterocycles. The third kappa shape index (κ3) is 5.82. The van der Waals surface area contributed by atoms with Crippen LogP contribution < -0.4 is 10.1 Å². The molecule has 0 unspecified atom stereocenters. The lowest BCUT2D eigenvalue weighted by atomic mass is 9.96. The average molecular weight is 332 g/mol. The minimum absolute atomic E-state index is 0.148. The molecule has 0 aromatic heterocycles. The van der Waals surface area contributed by atoms with Gasteiger partial charge in [-0.05, 0) is 62.5 Å². The Labute approximate surface area is 146 Å². The number of likely N-dealkylation sites (tertiary alicyclic amines) is 1. The number of hydrogen-bond acceptors (Lipinski definition) is 3. The number of carbonyl (C=O) groups is 1. The second-order valence-electron chi connectivity index (χ2n) is 6.62. The van der Waals surface area contributed by atoms with Crippen LogP contribution in [0.4, 0.5) is 0 Å². The van der Waals surface area contributed by atoms with E-state index in [0.29, 0.717) is 5.92 Å². The van der Waals surface area contributed by atoms with E-state index in [4.69, 9.17) is 4.74 Å². The van der Waals surface area contributed by atoms with Gasteiger partial charge in [-0.3, -0.25) is 4.79 Å². The number of ether oxygens (including phenoxy) is 1. The highest BCUT2D eigenvalue weighted by Gasteiger charge is 2.23. The van der Waals surface area contributed by atoms with E-state index >= 15 is 0 Å². The Kier molecular flexibility index (Phi) is 8.10. The molecular weight excluding hydrogens is 300 g/mol. The van der Waals surface area contributed by atoms with Crippen molar-refractivity contribution in [2.75, 3.05) is 32.8 Å². The zero-order chi connectivity index (χ0) is 17.2. The van der Waals surface area contributed by atoms with E-state index in [1.807, 2.05) is 29.2 Å². The number of rotatable bonds is 9. The van der Waals surface area contributed by atoms with Gasteiger partial charge in [-0.25, -0.2) is 0 Å². The van der Waals surface area contributed by atoms with Gasteiger partial charge in [0.15, 0.2) is 0 Å². The van der Waals surface area contributed by atoms with Crippen LogP contribution in [0, 0.1) is 5.92 Å². The molecule has 24 heavy (non-hydrogen) atoms. The minimum atomic E-state index is 0.148. The smallest absolute Gasteiger partial charge is 0.253 e. The molecule has 4 nitrogen and oxygen atoms in total. The van der Waals surface area contributed by atoms with Crippen molar-refractivity contribution >= 4 is 5.91 Å². The summed E-state index contributed by atoms with van der Waals surface area (Å²) in [5.74, 6) is 1.70. The Morgan fingerprint density at radius 3 is 2.50 bits per heavy atom. The van der Waals surface area contributed by atoms with Crippen molar-refractivity contribution in [1.29, 1.82) is 0 Å². The molecule has 1 aliphatic rings. The van der Waals surface area contributed by atoms with E-state index in [2.05, 4.69) is 19.2 Å². The lowest BCUT2D eigenvalue weighted by molar-refractivity contribution is 0.0690. The first kappa shape index (κ1) is 18.8. The van der Waals surface area contributed by atoms with Crippen LogP contribution in [-0.2, 0) is 0 Å². The number of carbonyl (C=O) groups excluding carboxylic acids is 1. The highest BCUT2D eigenvalue weighted by atomic mass is 16.5. The first-order chi connectivity index (χ1) is 11.7. The molecule has 1 aliphatic heterocycles. The fraction of sp³-hybridized carbons (Fsp3) is 0.650. The number of unbranched alkanes of at least 4 members (excludes halogenated alkanes) is 2. The van der Waals surface area contributed by atoms with Gasteiger partial charge in [-0.2, -0.15) is 0 Å².